The fourth-order valence-corrected chi connectivity index (χ4v) is 9.15. The molecule has 0 aromatic heterocycles. The third-order valence-electron chi connectivity index (χ3n) is 11.5. The SMILES string of the molecule is [2H]C([2H])([2H])C1(C([2H])([2H])[2H])c2cc(N(c3ccc(-c4ccccc4)cc3)c3cccc(C4(c5ccccc5)c5ccccc5-c5ccccc54)c3)ccc2-c2c(C)cccc21. The maximum absolute atomic E-state index is 8.98. The third-order valence-corrected chi connectivity index (χ3v) is 11.5. The Balaban J connectivity index is 1.24. The molecule has 0 N–H and O–H groups in total. The highest BCUT2D eigenvalue weighted by molar-refractivity contribution is 5.89. The van der Waals surface area contributed by atoms with Gasteiger partial charge in [-0.1, -0.05) is 171 Å². The molecule has 0 unspecified atom stereocenters. The van der Waals surface area contributed by atoms with Gasteiger partial charge in [-0.05, 0) is 116 Å². The van der Waals surface area contributed by atoms with Gasteiger partial charge in [0.2, 0.25) is 0 Å². The first-order valence-corrected chi connectivity index (χ1v) is 18.5. The predicted molar refractivity (Wildman–Crippen MR) is 226 cm³/mol. The van der Waals surface area contributed by atoms with Crippen LogP contribution in [0.3, 0.4) is 0 Å². The van der Waals surface area contributed by atoms with Crippen LogP contribution in [-0.4, -0.2) is 0 Å². The van der Waals surface area contributed by atoms with E-state index in [1.165, 1.54) is 22.3 Å². The number of anilines is 3. The molecule has 0 fully saturated rings. The largest absolute Gasteiger partial charge is 0.310 e. The molecule has 8 aromatic rings. The standard InChI is InChI=1S/C53H41N/c1-36-16-14-27-49-51(36)46-33-32-43(35-50(46)52(49,2)3)54(41-30-28-38(29-31-41)37-17-6-4-7-18-37)42-22-15-21-40(34-42)53(39-19-8-5-9-20-39)47-25-12-10-23-44(47)45-24-11-13-26-48(45)53/h4-35H,1-3H3/i2D3,3D3. The summed E-state index contributed by atoms with van der Waals surface area (Å²) in [5.41, 5.74) is 11.3. The molecule has 0 saturated heterocycles. The summed E-state index contributed by atoms with van der Waals surface area (Å²) in [6.45, 7) is -3.87. The normalized spacial score (nSPS) is 16.2. The number of hydrogen-bond donors (Lipinski definition) is 0. The van der Waals surface area contributed by atoms with Gasteiger partial charge in [0.25, 0.3) is 0 Å². The van der Waals surface area contributed by atoms with E-state index in [0.29, 0.717) is 22.4 Å². The van der Waals surface area contributed by atoms with Gasteiger partial charge in [0.05, 0.1) is 5.41 Å². The van der Waals surface area contributed by atoms with Crippen LogP contribution in [0.5, 0.6) is 0 Å². The first-order valence-electron chi connectivity index (χ1n) is 21.5. The van der Waals surface area contributed by atoms with Gasteiger partial charge in [-0.25, -0.2) is 0 Å². The third kappa shape index (κ3) is 4.71. The summed E-state index contributed by atoms with van der Waals surface area (Å²) < 4.78 is 53.9. The van der Waals surface area contributed by atoms with E-state index in [-0.39, 0.29) is 5.56 Å². The molecule has 10 rings (SSSR count). The van der Waals surface area contributed by atoms with Crippen molar-refractivity contribution in [3.63, 3.8) is 0 Å². The molecule has 0 saturated carbocycles. The van der Waals surface area contributed by atoms with Crippen LogP contribution in [0.4, 0.5) is 17.1 Å². The molecule has 1 nitrogen and oxygen atoms in total. The smallest absolute Gasteiger partial charge is 0.0714 e. The highest BCUT2D eigenvalue weighted by Gasteiger charge is 2.46. The van der Waals surface area contributed by atoms with Crippen LogP contribution in [0.1, 0.15) is 60.9 Å². The van der Waals surface area contributed by atoms with Crippen LogP contribution in [0.15, 0.2) is 194 Å². The van der Waals surface area contributed by atoms with Crippen molar-refractivity contribution in [1.29, 1.82) is 0 Å². The summed E-state index contributed by atoms with van der Waals surface area (Å²) in [6, 6.07) is 66.2. The Morgan fingerprint density at radius 2 is 0.963 bits per heavy atom. The molecule has 1 heteroatoms. The maximum Gasteiger partial charge on any atom is 0.0714 e. The van der Waals surface area contributed by atoms with Crippen molar-refractivity contribution in [2.24, 2.45) is 0 Å². The Bertz CT molecular complexity index is 2850. The van der Waals surface area contributed by atoms with Crippen LogP contribution in [0.2, 0.25) is 0 Å². The molecule has 258 valence electrons. The zero-order valence-electron chi connectivity index (χ0n) is 35.9. The molecule has 2 aliphatic carbocycles. The number of aryl methyl sites for hydroxylation is 1. The second-order valence-electron chi connectivity index (χ2n) is 14.5. The number of benzene rings is 8. The highest BCUT2D eigenvalue weighted by Crippen LogP contribution is 2.57. The van der Waals surface area contributed by atoms with E-state index in [1.54, 1.807) is 12.1 Å². The predicted octanol–water partition coefficient (Wildman–Crippen LogP) is 13.8. The first-order chi connectivity index (χ1) is 29.0. The molecule has 0 aliphatic heterocycles. The van der Waals surface area contributed by atoms with Gasteiger partial charge in [0, 0.05) is 30.7 Å². The molecule has 0 bridgehead atoms. The second-order valence-corrected chi connectivity index (χ2v) is 14.5. The van der Waals surface area contributed by atoms with Crippen molar-refractivity contribution in [3.05, 3.63) is 233 Å². The molecule has 8 aromatic carbocycles. The average molecular weight is 698 g/mol. The van der Waals surface area contributed by atoms with E-state index >= 15 is 0 Å². The number of hydrogen-bond acceptors (Lipinski definition) is 1. The topological polar surface area (TPSA) is 3.24 Å². The Labute approximate surface area is 327 Å². The summed E-state index contributed by atoms with van der Waals surface area (Å²) in [7, 11) is 0. The van der Waals surface area contributed by atoms with Crippen molar-refractivity contribution in [2.45, 2.75) is 31.5 Å². The summed E-state index contributed by atoms with van der Waals surface area (Å²) >= 11 is 0. The molecule has 0 atom stereocenters. The summed E-state index contributed by atoms with van der Waals surface area (Å²) in [5.74, 6) is 0. The fourth-order valence-electron chi connectivity index (χ4n) is 9.15. The van der Waals surface area contributed by atoms with Crippen LogP contribution >= 0.6 is 0 Å². The zero-order valence-corrected chi connectivity index (χ0v) is 29.9. The summed E-state index contributed by atoms with van der Waals surface area (Å²) in [6.07, 6.45) is 0. The van der Waals surface area contributed by atoms with Gasteiger partial charge in [-0.2, -0.15) is 0 Å². The fraction of sp³-hybridized carbons (Fsp3) is 0.0943. The Hall–Kier alpha value is -6.44. The van der Waals surface area contributed by atoms with E-state index in [9.17, 15) is 0 Å². The summed E-state index contributed by atoms with van der Waals surface area (Å²) in [5, 5.41) is 0. The van der Waals surface area contributed by atoms with Crippen LogP contribution in [0.25, 0.3) is 33.4 Å². The Morgan fingerprint density at radius 3 is 1.67 bits per heavy atom. The van der Waals surface area contributed by atoms with Gasteiger partial charge < -0.3 is 4.90 Å². The van der Waals surface area contributed by atoms with E-state index < -0.39 is 24.5 Å². The van der Waals surface area contributed by atoms with Crippen molar-refractivity contribution in [3.8, 4) is 33.4 Å². The van der Waals surface area contributed by atoms with E-state index in [4.69, 9.17) is 8.22 Å². The van der Waals surface area contributed by atoms with Crippen molar-refractivity contribution < 1.29 is 8.22 Å². The zero-order chi connectivity index (χ0) is 41.4. The number of nitrogens with zero attached hydrogens (tertiary/aromatic N) is 1. The van der Waals surface area contributed by atoms with E-state index in [0.717, 1.165) is 39.2 Å². The van der Waals surface area contributed by atoms with Gasteiger partial charge in [-0.15, -0.1) is 0 Å². The minimum atomic E-state index is -2.89. The van der Waals surface area contributed by atoms with Gasteiger partial charge in [0.15, 0.2) is 0 Å². The lowest BCUT2D eigenvalue weighted by Crippen LogP contribution is -2.28. The second kappa shape index (κ2) is 12.3. The lowest BCUT2D eigenvalue weighted by molar-refractivity contribution is 0.660. The van der Waals surface area contributed by atoms with Crippen molar-refractivity contribution in [2.75, 3.05) is 4.90 Å². The summed E-state index contributed by atoms with van der Waals surface area (Å²) in [4.78, 5) is 2.13. The molecular formula is C53H41N. The van der Waals surface area contributed by atoms with E-state index in [1.807, 2.05) is 55.5 Å². The number of fused-ring (bicyclic) bond motifs is 6. The van der Waals surface area contributed by atoms with Gasteiger partial charge in [-0.3, -0.25) is 0 Å². The minimum absolute atomic E-state index is 0.283. The quantitative estimate of drug-likeness (QED) is 0.167. The van der Waals surface area contributed by atoms with Crippen LogP contribution in [-0.2, 0) is 10.8 Å². The van der Waals surface area contributed by atoms with Crippen LogP contribution < -0.4 is 4.90 Å². The lowest BCUT2D eigenvalue weighted by Gasteiger charge is -2.35. The molecule has 0 radical (unpaired) electrons. The Kier molecular flexibility index (Phi) is 6.01. The molecule has 0 heterocycles. The van der Waals surface area contributed by atoms with Crippen molar-refractivity contribution >= 4 is 17.1 Å². The first kappa shape index (κ1) is 26.3. The lowest BCUT2D eigenvalue weighted by atomic mass is 9.67. The number of rotatable bonds is 6. The molecule has 54 heavy (non-hydrogen) atoms. The highest BCUT2D eigenvalue weighted by atomic mass is 15.1. The molecule has 2 aliphatic rings. The minimum Gasteiger partial charge on any atom is -0.310 e. The molecular weight excluding hydrogens is 651 g/mol. The van der Waals surface area contributed by atoms with E-state index in [2.05, 4.69) is 138 Å². The van der Waals surface area contributed by atoms with Gasteiger partial charge in [0.1, 0.15) is 0 Å². The Morgan fingerprint density at radius 1 is 0.407 bits per heavy atom. The van der Waals surface area contributed by atoms with Gasteiger partial charge >= 0.3 is 0 Å². The molecule has 0 amide bonds. The van der Waals surface area contributed by atoms with Crippen molar-refractivity contribution in [1.82, 2.24) is 0 Å². The van der Waals surface area contributed by atoms with Crippen LogP contribution in [0, 0.1) is 6.92 Å². The maximum atomic E-state index is 8.98. The molecule has 0 spiro atoms. The monoisotopic (exact) mass is 697 g/mol. The average Bonchev–Trinajstić information content (AvgIpc) is 3.74.